The minimum atomic E-state index is 0.0180. The van der Waals surface area contributed by atoms with Crippen LogP contribution < -0.4 is 0 Å². The molecule has 3 nitrogen and oxygen atoms in total. The monoisotopic (exact) mass is 211 g/mol. The maximum absolute atomic E-state index is 10.5. The summed E-state index contributed by atoms with van der Waals surface area (Å²) < 4.78 is 5.46. The van der Waals surface area contributed by atoms with Crippen molar-refractivity contribution in [3.05, 3.63) is 16.1 Å². The zero-order chi connectivity index (χ0) is 10.0. The van der Waals surface area contributed by atoms with Crippen LogP contribution in [0.3, 0.4) is 0 Å². The fraction of sp³-hybridized carbons (Fsp3) is 0.600. The van der Waals surface area contributed by atoms with Crippen molar-refractivity contribution in [2.24, 2.45) is 0 Å². The predicted molar refractivity (Wildman–Crippen MR) is 54.9 cm³/mol. The summed E-state index contributed by atoms with van der Waals surface area (Å²) in [4.78, 5) is 14.8. The third-order valence-corrected chi connectivity index (χ3v) is 3.76. The lowest BCUT2D eigenvalue weighted by molar-refractivity contribution is 0.0418. The van der Waals surface area contributed by atoms with Crippen molar-refractivity contribution < 1.29 is 9.53 Å². The van der Waals surface area contributed by atoms with Gasteiger partial charge in [0.1, 0.15) is 10.7 Å². The molecule has 1 unspecified atom stereocenters. The second-order valence-electron chi connectivity index (χ2n) is 3.91. The summed E-state index contributed by atoms with van der Waals surface area (Å²) in [5, 5.41) is 2.83. The minimum Gasteiger partial charge on any atom is -0.380 e. The molecule has 0 aromatic carbocycles. The quantitative estimate of drug-likeness (QED) is 0.702. The first-order valence-corrected chi connectivity index (χ1v) is 5.61. The van der Waals surface area contributed by atoms with Gasteiger partial charge in [-0.05, 0) is 12.8 Å². The number of hydrogen-bond acceptors (Lipinski definition) is 4. The average Bonchev–Trinajstić information content (AvgIpc) is 2.67. The fourth-order valence-electron chi connectivity index (χ4n) is 1.72. The van der Waals surface area contributed by atoms with E-state index in [0.29, 0.717) is 5.69 Å². The smallest absolute Gasteiger partial charge is 0.169 e. The summed E-state index contributed by atoms with van der Waals surface area (Å²) in [7, 11) is 0. The Bertz CT molecular complexity index is 329. The molecule has 0 bridgehead atoms. The Kier molecular flexibility index (Phi) is 2.65. The van der Waals surface area contributed by atoms with Gasteiger partial charge >= 0.3 is 0 Å². The molecule has 76 valence electrons. The Morgan fingerprint density at radius 2 is 2.57 bits per heavy atom. The van der Waals surface area contributed by atoms with Crippen LogP contribution in [0.15, 0.2) is 5.38 Å². The van der Waals surface area contributed by atoms with Gasteiger partial charge in [0.2, 0.25) is 0 Å². The number of ether oxygens (including phenoxy) is 1. The van der Waals surface area contributed by atoms with E-state index in [2.05, 4.69) is 11.9 Å². The predicted octanol–water partition coefficient (Wildman–Crippen LogP) is 2.02. The molecule has 1 aliphatic rings. The van der Waals surface area contributed by atoms with Crippen LogP contribution in [0.1, 0.15) is 35.3 Å². The van der Waals surface area contributed by atoms with Gasteiger partial charge in [-0.25, -0.2) is 4.98 Å². The van der Waals surface area contributed by atoms with Gasteiger partial charge in [0, 0.05) is 17.4 Å². The van der Waals surface area contributed by atoms with Crippen molar-refractivity contribution in [2.75, 3.05) is 13.2 Å². The topological polar surface area (TPSA) is 39.2 Å². The van der Waals surface area contributed by atoms with Crippen molar-refractivity contribution in [1.29, 1.82) is 0 Å². The fourth-order valence-corrected chi connectivity index (χ4v) is 2.66. The Hall–Kier alpha value is -0.740. The second-order valence-corrected chi connectivity index (χ2v) is 4.77. The molecule has 1 aromatic heterocycles. The summed E-state index contributed by atoms with van der Waals surface area (Å²) in [6.45, 7) is 3.72. The van der Waals surface area contributed by atoms with Crippen molar-refractivity contribution in [3.8, 4) is 0 Å². The van der Waals surface area contributed by atoms with Crippen LogP contribution in [0, 0.1) is 0 Å². The molecule has 1 aromatic rings. The van der Waals surface area contributed by atoms with Crippen molar-refractivity contribution in [3.63, 3.8) is 0 Å². The minimum absolute atomic E-state index is 0.0180. The van der Waals surface area contributed by atoms with Gasteiger partial charge in [0.15, 0.2) is 6.29 Å². The Balaban J connectivity index is 2.23. The van der Waals surface area contributed by atoms with Gasteiger partial charge in [-0.3, -0.25) is 4.79 Å². The van der Waals surface area contributed by atoms with E-state index in [1.54, 1.807) is 11.3 Å². The molecule has 0 N–H and O–H groups in total. The molecule has 0 radical (unpaired) electrons. The highest BCUT2D eigenvalue weighted by Crippen LogP contribution is 2.34. The molecule has 1 saturated heterocycles. The highest BCUT2D eigenvalue weighted by Gasteiger charge is 2.32. The van der Waals surface area contributed by atoms with Crippen molar-refractivity contribution in [2.45, 2.75) is 25.2 Å². The zero-order valence-electron chi connectivity index (χ0n) is 8.16. The van der Waals surface area contributed by atoms with E-state index >= 15 is 0 Å². The van der Waals surface area contributed by atoms with Crippen LogP contribution in [0.5, 0.6) is 0 Å². The highest BCUT2D eigenvalue weighted by molar-refractivity contribution is 7.10. The summed E-state index contributed by atoms with van der Waals surface area (Å²) in [6.07, 6.45) is 2.97. The first-order valence-electron chi connectivity index (χ1n) is 4.73. The van der Waals surface area contributed by atoms with Gasteiger partial charge in [0.25, 0.3) is 0 Å². The molecule has 14 heavy (non-hydrogen) atoms. The van der Waals surface area contributed by atoms with E-state index in [4.69, 9.17) is 4.74 Å². The molecule has 0 spiro atoms. The van der Waals surface area contributed by atoms with Gasteiger partial charge < -0.3 is 4.74 Å². The average molecular weight is 211 g/mol. The molecule has 4 heteroatoms. The van der Waals surface area contributed by atoms with Crippen LogP contribution >= 0.6 is 11.3 Å². The molecule has 0 aliphatic carbocycles. The lowest BCUT2D eigenvalue weighted by atomic mass is 9.85. The third-order valence-electron chi connectivity index (χ3n) is 2.60. The zero-order valence-corrected chi connectivity index (χ0v) is 8.97. The lowest BCUT2D eigenvalue weighted by Crippen LogP contribution is -2.32. The summed E-state index contributed by atoms with van der Waals surface area (Å²) in [5.74, 6) is 0. The van der Waals surface area contributed by atoms with Crippen molar-refractivity contribution >= 4 is 17.6 Å². The number of carbonyl (C=O) groups is 1. The van der Waals surface area contributed by atoms with E-state index < -0.39 is 0 Å². The molecule has 1 aliphatic heterocycles. The summed E-state index contributed by atoms with van der Waals surface area (Å²) in [6, 6.07) is 0. The maximum Gasteiger partial charge on any atom is 0.169 e. The molecule has 0 saturated carbocycles. The number of aromatic nitrogens is 1. The number of rotatable bonds is 2. The van der Waals surface area contributed by atoms with E-state index in [0.717, 1.165) is 37.3 Å². The first kappa shape index (κ1) is 9.80. The van der Waals surface area contributed by atoms with Gasteiger partial charge in [0.05, 0.1) is 6.61 Å². The molecule has 0 amide bonds. The van der Waals surface area contributed by atoms with Gasteiger partial charge in [-0.15, -0.1) is 11.3 Å². The Labute approximate surface area is 87.1 Å². The number of hydrogen-bond donors (Lipinski definition) is 0. The van der Waals surface area contributed by atoms with Crippen LogP contribution in [-0.4, -0.2) is 24.5 Å². The molecule has 1 atom stereocenters. The highest BCUT2D eigenvalue weighted by atomic mass is 32.1. The number of carbonyl (C=O) groups excluding carboxylic acids is 1. The maximum atomic E-state index is 10.5. The molecule has 1 fully saturated rings. The number of thiazole rings is 1. The van der Waals surface area contributed by atoms with Crippen molar-refractivity contribution in [1.82, 2.24) is 4.98 Å². The molecule has 2 rings (SSSR count). The molecular weight excluding hydrogens is 198 g/mol. The van der Waals surface area contributed by atoms with Crippen LogP contribution in [-0.2, 0) is 10.2 Å². The summed E-state index contributed by atoms with van der Waals surface area (Å²) >= 11 is 1.56. The lowest BCUT2D eigenvalue weighted by Gasteiger charge is -2.31. The van der Waals surface area contributed by atoms with Gasteiger partial charge in [-0.1, -0.05) is 6.92 Å². The van der Waals surface area contributed by atoms with Gasteiger partial charge in [-0.2, -0.15) is 0 Å². The third kappa shape index (κ3) is 1.72. The second kappa shape index (κ2) is 3.79. The van der Waals surface area contributed by atoms with Crippen LogP contribution in [0.25, 0.3) is 0 Å². The van der Waals surface area contributed by atoms with Crippen LogP contribution in [0.2, 0.25) is 0 Å². The van der Waals surface area contributed by atoms with E-state index in [-0.39, 0.29) is 5.41 Å². The Morgan fingerprint density at radius 1 is 1.71 bits per heavy atom. The number of nitrogens with zero attached hydrogens (tertiary/aromatic N) is 1. The SMILES string of the molecule is CC1(c2nc(C=O)cs2)CCCOC1. The molecular formula is C10H13NO2S. The van der Waals surface area contributed by atoms with E-state index in [9.17, 15) is 4.79 Å². The standard InChI is InChI=1S/C10H13NO2S/c1-10(3-2-4-13-7-10)9-11-8(5-12)6-14-9/h5-6H,2-4,7H2,1H3. The van der Waals surface area contributed by atoms with E-state index in [1.165, 1.54) is 0 Å². The van der Waals surface area contributed by atoms with Crippen LogP contribution in [0.4, 0.5) is 0 Å². The largest absolute Gasteiger partial charge is 0.380 e. The first-order chi connectivity index (χ1) is 6.74. The number of aldehydes is 1. The van der Waals surface area contributed by atoms with E-state index in [1.807, 2.05) is 5.38 Å². The molecule has 2 heterocycles. The Morgan fingerprint density at radius 3 is 3.14 bits per heavy atom. The summed E-state index contributed by atoms with van der Waals surface area (Å²) in [5.41, 5.74) is 0.557. The normalized spacial score (nSPS) is 27.5.